The lowest BCUT2D eigenvalue weighted by atomic mass is 10.3. The van der Waals surface area contributed by atoms with Crippen molar-refractivity contribution in [3.05, 3.63) is 36.0 Å². The molecule has 1 aromatic heterocycles. The van der Waals surface area contributed by atoms with Crippen molar-refractivity contribution in [1.29, 1.82) is 0 Å². The molecule has 4 nitrogen and oxygen atoms in total. The molecule has 0 bridgehead atoms. The number of hydrogen-bond acceptors (Lipinski definition) is 5. The fourth-order valence-electron chi connectivity index (χ4n) is 1.49. The Hall–Kier alpha value is -1.75. The molecule has 0 spiro atoms. The molecule has 94 valence electrons. The van der Waals surface area contributed by atoms with Crippen molar-refractivity contribution < 1.29 is 4.74 Å². The molecule has 0 unspecified atom stereocenters. The number of nitrogens with one attached hydrogen (secondary N) is 1. The standard InChI is InChI=1S/C13H15N3OS/c1-9-7-12(16-13(14-2)15-9)18-11-6-4-5-10(8-11)17-3/h4-8H,1-3H3,(H,14,15,16). The van der Waals surface area contributed by atoms with Crippen LogP contribution in [0.4, 0.5) is 5.95 Å². The van der Waals surface area contributed by atoms with Gasteiger partial charge in [-0.2, -0.15) is 0 Å². The highest BCUT2D eigenvalue weighted by molar-refractivity contribution is 7.99. The first-order valence-electron chi connectivity index (χ1n) is 5.56. The molecule has 0 aliphatic carbocycles. The van der Waals surface area contributed by atoms with Crippen molar-refractivity contribution in [2.75, 3.05) is 19.5 Å². The SMILES string of the molecule is CNc1nc(C)cc(Sc2cccc(OC)c2)n1. The summed E-state index contributed by atoms with van der Waals surface area (Å²) in [6.07, 6.45) is 0. The van der Waals surface area contributed by atoms with Gasteiger partial charge in [0.2, 0.25) is 5.95 Å². The lowest BCUT2D eigenvalue weighted by molar-refractivity contribution is 0.413. The molecule has 1 heterocycles. The zero-order chi connectivity index (χ0) is 13.0. The normalized spacial score (nSPS) is 10.2. The molecule has 0 atom stereocenters. The minimum absolute atomic E-state index is 0.639. The van der Waals surface area contributed by atoms with Crippen LogP contribution in [0.25, 0.3) is 0 Å². The summed E-state index contributed by atoms with van der Waals surface area (Å²) in [5, 5.41) is 3.87. The molecule has 1 aromatic carbocycles. The minimum Gasteiger partial charge on any atom is -0.497 e. The third-order valence-corrected chi connectivity index (χ3v) is 3.23. The number of aryl methyl sites for hydroxylation is 1. The second kappa shape index (κ2) is 5.73. The summed E-state index contributed by atoms with van der Waals surface area (Å²) < 4.78 is 5.20. The van der Waals surface area contributed by atoms with Crippen molar-refractivity contribution >= 4 is 17.7 Å². The number of anilines is 1. The fraction of sp³-hybridized carbons (Fsp3) is 0.231. The van der Waals surface area contributed by atoms with Crippen LogP contribution in [0.3, 0.4) is 0 Å². The largest absolute Gasteiger partial charge is 0.497 e. The Bertz CT molecular complexity index is 546. The number of benzene rings is 1. The molecule has 0 aliphatic heterocycles. The summed E-state index contributed by atoms with van der Waals surface area (Å²) >= 11 is 1.59. The van der Waals surface area contributed by atoms with Gasteiger partial charge in [0.25, 0.3) is 0 Å². The Morgan fingerprint density at radius 1 is 1.22 bits per heavy atom. The van der Waals surface area contributed by atoms with Gasteiger partial charge in [0, 0.05) is 17.6 Å². The fourth-order valence-corrected chi connectivity index (χ4v) is 2.41. The number of nitrogens with zero attached hydrogens (tertiary/aromatic N) is 2. The molecule has 0 amide bonds. The molecule has 0 fully saturated rings. The topological polar surface area (TPSA) is 47.0 Å². The van der Waals surface area contributed by atoms with Gasteiger partial charge in [-0.1, -0.05) is 17.8 Å². The predicted octanol–water partition coefficient (Wildman–Crippen LogP) is 2.99. The first kappa shape index (κ1) is 12.7. The van der Waals surface area contributed by atoms with Gasteiger partial charge >= 0.3 is 0 Å². The van der Waals surface area contributed by atoms with Crippen LogP contribution in [-0.4, -0.2) is 24.1 Å². The van der Waals surface area contributed by atoms with Crippen molar-refractivity contribution in [3.8, 4) is 5.75 Å². The van der Waals surface area contributed by atoms with Crippen molar-refractivity contribution in [2.45, 2.75) is 16.8 Å². The molecule has 2 aromatic rings. The Balaban J connectivity index is 2.24. The van der Waals surface area contributed by atoms with Gasteiger partial charge in [0.15, 0.2) is 0 Å². The van der Waals surface area contributed by atoms with Crippen molar-refractivity contribution in [1.82, 2.24) is 9.97 Å². The van der Waals surface area contributed by atoms with E-state index in [0.717, 1.165) is 21.4 Å². The zero-order valence-corrected chi connectivity index (χ0v) is 11.4. The smallest absolute Gasteiger partial charge is 0.223 e. The van der Waals surface area contributed by atoms with Gasteiger partial charge < -0.3 is 10.1 Å². The lowest BCUT2D eigenvalue weighted by Gasteiger charge is -2.06. The van der Waals surface area contributed by atoms with Crippen molar-refractivity contribution in [2.24, 2.45) is 0 Å². The number of ether oxygens (including phenoxy) is 1. The molecule has 1 N–H and O–H groups in total. The summed E-state index contributed by atoms with van der Waals surface area (Å²) in [7, 11) is 3.48. The second-order valence-electron chi connectivity index (χ2n) is 3.70. The van der Waals surface area contributed by atoms with Crippen LogP contribution in [0.5, 0.6) is 5.75 Å². The quantitative estimate of drug-likeness (QED) is 0.857. The molecule has 2 rings (SSSR count). The highest BCUT2D eigenvalue weighted by Crippen LogP contribution is 2.29. The molecular weight excluding hydrogens is 246 g/mol. The Morgan fingerprint density at radius 2 is 2.06 bits per heavy atom. The molecule has 0 saturated heterocycles. The van der Waals surface area contributed by atoms with Crippen LogP contribution in [0.15, 0.2) is 40.3 Å². The lowest BCUT2D eigenvalue weighted by Crippen LogP contribution is -1.98. The van der Waals surface area contributed by atoms with E-state index in [9.17, 15) is 0 Å². The van der Waals surface area contributed by atoms with Gasteiger partial charge in [-0.3, -0.25) is 0 Å². The molecular formula is C13H15N3OS. The van der Waals surface area contributed by atoms with Gasteiger partial charge in [0.1, 0.15) is 10.8 Å². The summed E-state index contributed by atoms with van der Waals surface area (Å²) in [6, 6.07) is 9.87. The van der Waals surface area contributed by atoms with Crippen LogP contribution in [0.2, 0.25) is 0 Å². The van der Waals surface area contributed by atoms with E-state index in [1.807, 2.05) is 44.3 Å². The van der Waals surface area contributed by atoms with Crippen LogP contribution in [0.1, 0.15) is 5.69 Å². The Labute approximate surface area is 111 Å². The van der Waals surface area contributed by atoms with Crippen LogP contribution in [-0.2, 0) is 0 Å². The summed E-state index contributed by atoms with van der Waals surface area (Å²) in [5.41, 5.74) is 0.944. The highest BCUT2D eigenvalue weighted by atomic mass is 32.2. The first-order valence-corrected chi connectivity index (χ1v) is 6.38. The van der Waals surface area contributed by atoms with Crippen LogP contribution in [0, 0.1) is 6.92 Å². The highest BCUT2D eigenvalue weighted by Gasteiger charge is 2.04. The third-order valence-electron chi connectivity index (χ3n) is 2.32. The van der Waals surface area contributed by atoms with Crippen molar-refractivity contribution in [3.63, 3.8) is 0 Å². The molecule has 0 radical (unpaired) electrons. The monoisotopic (exact) mass is 261 g/mol. The molecule has 18 heavy (non-hydrogen) atoms. The van der Waals surface area contributed by atoms with Gasteiger partial charge in [-0.05, 0) is 31.2 Å². The maximum Gasteiger partial charge on any atom is 0.223 e. The Morgan fingerprint density at radius 3 is 2.78 bits per heavy atom. The van der Waals surface area contributed by atoms with E-state index >= 15 is 0 Å². The summed E-state index contributed by atoms with van der Waals surface area (Å²) in [6.45, 7) is 1.96. The molecule has 0 saturated carbocycles. The van der Waals surface area contributed by atoms with E-state index in [1.165, 1.54) is 0 Å². The maximum absolute atomic E-state index is 5.20. The van der Waals surface area contributed by atoms with Gasteiger partial charge in [0.05, 0.1) is 7.11 Å². The zero-order valence-electron chi connectivity index (χ0n) is 10.6. The predicted molar refractivity (Wildman–Crippen MR) is 73.4 cm³/mol. The van der Waals surface area contributed by atoms with E-state index in [1.54, 1.807) is 18.9 Å². The average Bonchev–Trinajstić information content (AvgIpc) is 2.38. The third kappa shape index (κ3) is 3.13. The van der Waals surface area contributed by atoms with Gasteiger partial charge in [-0.15, -0.1) is 0 Å². The van der Waals surface area contributed by atoms with E-state index < -0.39 is 0 Å². The van der Waals surface area contributed by atoms with E-state index in [0.29, 0.717) is 5.95 Å². The molecule has 0 aliphatic rings. The first-order chi connectivity index (χ1) is 8.71. The summed E-state index contributed by atoms with van der Waals surface area (Å²) in [5.74, 6) is 1.49. The number of hydrogen-bond donors (Lipinski definition) is 1. The van der Waals surface area contributed by atoms with Gasteiger partial charge in [-0.25, -0.2) is 9.97 Å². The van der Waals surface area contributed by atoms with E-state index in [4.69, 9.17) is 4.74 Å². The number of methoxy groups -OCH3 is 1. The van der Waals surface area contributed by atoms with Crippen LogP contribution < -0.4 is 10.1 Å². The molecule has 5 heteroatoms. The summed E-state index contributed by atoms with van der Waals surface area (Å²) in [4.78, 5) is 9.76. The van der Waals surface area contributed by atoms with E-state index in [-0.39, 0.29) is 0 Å². The van der Waals surface area contributed by atoms with E-state index in [2.05, 4.69) is 15.3 Å². The number of rotatable bonds is 4. The Kier molecular flexibility index (Phi) is 4.04. The van der Waals surface area contributed by atoms with Crippen LogP contribution >= 0.6 is 11.8 Å². The second-order valence-corrected chi connectivity index (χ2v) is 4.80. The average molecular weight is 261 g/mol. The number of aromatic nitrogens is 2. The maximum atomic E-state index is 5.20. The minimum atomic E-state index is 0.639.